The smallest absolute Gasteiger partial charge is 0.390 e. The van der Waals surface area contributed by atoms with E-state index in [1.807, 2.05) is 0 Å². The van der Waals surface area contributed by atoms with E-state index in [1.165, 1.54) is 0 Å². The van der Waals surface area contributed by atoms with Crippen LogP contribution >= 0.6 is 23.2 Å². The van der Waals surface area contributed by atoms with Crippen LogP contribution in [0.1, 0.15) is 5.56 Å². The second kappa shape index (κ2) is 6.61. The lowest BCUT2D eigenvalue weighted by atomic mass is 10.1. The first kappa shape index (κ1) is 15.6. The zero-order valence-electron chi connectivity index (χ0n) is 9.18. The third kappa shape index (κ3) is 5.44. The van der Waals surface area contributed by atoms with Crippen molar-refractivity contribution < 1.29 is 23.0 Å². The summed E-state index contributed by atoms with van der Waals surface area (Å²) in [6, 6.07) is 4.82. The first-order valence-corrected chi connectivity index (χ1v) is 5.80. The molecule has 0 saturated carbocycles. The summed E-state index contributed by atoms with van der Waals surface area (Å²) < 4.78 is 39.8. The van der Waals surface area contributed by atoms with Gasteiger partial charge in [-0.2, -0.15) is 13.2 Å². The number of benzene rings is 1. The van der Waals surface area contributed by atoms with Crippen LogP contribution in [0.5, 0.6) is 0 Å². The lowest BCUT2D eigenvalue weighted by molar-refractivity contribution is -0.179. The molecule has 0 radical (unpaired) electrons. The highest BCUT2D eigenvalue weighted by molar-refractivity contribution is 6.35. The van der Waals surface area contributed by atoms with Gasteiger partial charge in [0.05, 0.1) is 12.7 Å². The van der Waals surface area contributed by atoms with Crippen LogP contribution in [-0.4, -0.2) is 30.6 Å². The highest BCUT2D eigenvalue weighted by Crippen LogP contribution is 2.25. The third-order valence-corrected chi connectivity index (χ3v) is 2.79. The monoisotopic (exact) mass is 302 g/mol. The molecule has 0 aliphatic heterocycles. The normalized spacial score (nSPS) is 13.7. The van der Waals surface area contributed by atoms with E-state index >= 15 is 0 Å². The Labute approximate surface area is 112 Å². The van der Waals surface area contributed by atoms with Crippen molar-refractivity contribution in [1.82, 2.24) is 0 Å². The van der Waals surface area contributed by atoms with Gasteiger partial charge in [-0.25, -0.2) is 0 Å². The van der Waals surface area contributed by atoms with Gasteiger partial charge >= 0.3 is 6.18 Å². The van der Waals surface area contributed by atoms with E-state index in [0.29, 0.717) is 15.6 Å². The zero-order chi connectivity index (χ0) is 13.8. The molecule has 0 amide bonds. The van der Waals surface area contributed by atoms with Gasteiger partial charge in [-0.1, -0.05) is 29.3 Å². The summed E-state index contributed by atoms with van der Waals surface area (Å²) in [4.78, 5) is 0. The molecule has 1 rings (SSSR count). The van der Waals surface area contributed by atoms with Crippen LogP contribution in [0.25, 0.3) is 0 Å². The van der Waals surface area contributed by atoms with Gasteiger partial charge in [-0.05, 0) is 17.7 Å². The summed E-state index contributed by atoms with van der Waals surface area (Å²) in [5.41, 5.74) is 0.490. The van der Waals surface area contributed by atoms with Crippen molar-refractivity contribution in [3.8, 4) is 0 Å². The van der Waals surface area contributed by atoms with Gasteiger partial charge < -0.3 is 9.84 Å². The van der Waals surface area contributed by atoms with E-state index in [1.54, 1.807) is 18.2 Å². The van der Waals surface area contributed by atoms with Crippen molar-refractivity contribution in [3.63, 3.8) is 0 Å². The fourth-order valence-electron chi connectivity index (χ4n) is 1.33. The highest BCUT2D eigenvalue weighted by atomic mass is 35.5. The number of hydrogen-bond acceptors (Lipinski definition) is 2. The quantitative estimate of drug-likeness (QED) is 0.902. The topological polar surface area (TPSA) is 29.5 Å². The Morgan fingerprint density at radius 1 is 1.22 bits per heavy atom. The Hall–Kier alpha value is -0.490. The number of alkyl halides is 3. The van der Waals surface area contributed by atoms with Crippen molar-refractivity contribution in [2.24, 2.45) is 0 Å². The molecule has 0 fully saturated rings. The third-order valence-electron chi connectivity index (χ3n) is 2.08. The van der Waals surface area contributed by atoms with Gasteiger partial charge in [-0.3, -0.25) is 0 Å². The number of halogens is 5. The van der Waals surface area contributed by atoms with Crippen molar-refractivity contribution in [3.05, 3.63) is 33.8 Å². The second-order valence-corrected chi connectivity index (χ2v) is 4.50. The Morgan fingerprint density at radius 2 is 1.78 bits per heavy atom. The standard InChI is InChI=1S/C11H11Cl2F3O2/c12-9-2-1-3-10(13)8(9)4-7(17)5-18-6-11(14,15)16/h1-3,7,17H,4-6H2. The van der Waals surface area contributed by atoms with Gasteiger partial charge in [0, 0.05) is 16.5 Å². The van der Waals surface area contributed by atoms with Crippen molar-refractivity contribution in [2.45, 2.75) is 18.7 Å². The fourth-order valence-corrected chi connectivity index (χ4v) is 1.88. The molecule has 102 valence electrons. The number of aliphatic hydroxyl groups excluding tert-OH is 1. The molecule has 0 aliphatic carbocycles. The molecule has 0 bridgehead atoms. The molecule has 0 aromatic heterocycles. The molecule has 0 saturated heterocycles. The maximum absolute atomic E-state index is 11.8. The van der Waals surface area contributed by atoms with E-state index < -0.39 is 25.5 Å². The minimum absolute atomic E-state index is 0.0381. The first-order chi connectivity index (χ1) is 8.29. The van der Waals surface area contributed by atoms with Crippen LogP contribution in [0.3, 0.4) is 0 Å². The van der Waals surface area contributed by atoms with Crippen LogP contribution in [-0.2, 0) is 11.2 Å². The Morgan fingerprint density at radius 3 is 2.28 bits per heavy atom. The van der Waals surface area contributed by atoms with E-state index in [9.17, 15) is 18.3 Å². The summed E-state index contributed by atoms with van der Waals surface area (Å²) in [6.45, 7) is -1.82. The molecule has 1 atom stereocenters. The molecule has 1 aromatic rings. The molecule has 1 unspecified atom stereocenters. The van der Waals surface area contributed by atoms with Crippen LogP contribution in [0.15, 0.2) is 18.2 Å². The Kier molecular flexibility index (Phi) is 5.72. The lowest BCUT2D eigenvalue weighted by Crippen LogP contribution is -2.24. The fraction of sp³-hybridized carbons (Fsp3) is 0.455. The summed E-state index contributed by atoms with van der Waals surface area (Å²) >= 11 is 11.7. The number of rotatable bonds is 5. The van der Waals surface area contributed by atoms with Crippen molar-refractivity contribution >= 4 is 23.2 Å². The molecule has 18 heavy (non-hydrogen) atoms. The maximum Gasteiger partial charge on any atom is 0.411 e. The minimum atomic E-state index is -4.40. The van der Waals surface area contributed by atoms with Crippen LogP contribution < -0.4 is 0 Å². The van der Waals surface area contributed by atoms with Gasteiger partial charge in [0.15, 0.2) is 0 Å². The largest absolute Gasteiger partial charge is 0.411 e. The molecular weight excluding hydrogens is 292 g/mol. The second-order valence-electron chi connectivity index (χ2n) is 3.69. The average Bonchev–Trinajstić information content (AvgIpc) is 2.22. The van der Waals surface area contributed by atoms with Crippen molar-refractivity contribution in [2.75, 3.05) is 13.2 Å². The molecule has 2 nitrogen and oxygen atoms in total. The average molecular weight is 303 g/mol. The maximum atomic E-state index is 11.8. The molecule has 0 spiro atoms. The molecule has 0 heterocycles. The number of ether oxygens (including phenoxy) is 1. The van der Waals surface area contributed by atoms with Crippen LogP contribution in [0.2, 0.25) is 10.0 Å². The van der Waals surface area contributed by atoms with Gasteiger partial charge in [0.25, 0.3) is 0 Å². The molecular formula is C11H11Cl2F3O2. The predicted molar refractivity (Wildman–Crippen MR) is 63.0 cm³/mol. The van der Waals surface area contributed by atoms with E-state index in [-0.39, 0.29) is 6.42 Å². The summed E-state index contributed by atoms with van der Waals surface area (Å²) in [7, 11) is 0. The minimum Gasteiger partial charge on any atom is -0.390 e. The summed E-state index contributed by atoms with van der Waals surface area (Å²) in [5.74, 6) is 0. The molecule has 1 N–H and O–H groups in total. The number of aliphatic hydroxyl groups is 1. The van der Waals surface area contributed by atoms with E-state index in [4.69, 9.17) is 23.2 Å². The van der Waals surface area contributed by atoms with Gasteiger partial charge in [0.1, 0.15) is 6.61 Å². The first-order valence-electron chi connectivity index (χ1n) is 5.05. The SMILES string of the molecule is OC(COCC(F)(F)F)Cc1c(Cl)cccc1Cl. The van der Waals surface area contributed by atoms with Crippen molar-refractivity contribution in [1.29, 1.82) is 0 Å². The molecule has 7 heteroatoms. The van der Waals surface area contributed by atoms with Gasteiger partial charge in [-0.15, -0.1) is 0 Å². The Balaban J connectivity index is 2.47. The van der Waals surface area contributed by atoms with E-state index in [2.05, 4.69) is 4.74 Å². The summed E-state index contributed by atoms with van der Waals surface area (Å²) in [5, 5.41) is 10.3. The highest BCUT2D eigenvalue weighted by Gasteiger charge is 2.27. The lowest BCUT2D eigenvalue weighted by Gasteiger charge is -2.14. The van der Waals surface area contributed by atoms with Crippen LogP contribution in [0.4, 0.5) is 13.2 Å². The molecule has 0 aliphatic rings. The van der Waals surface area contributed by atoms with Crippen LogP contribution in [0, 0.1) is 0 Å². The van der Waals surface area contributed by atoms with Gasteiger partial charge in [0.2, 0.25) is 0 Å². The predicted octanol–water partition coefficient (Wildman–Crippen LogP) is 3.48. The number of hydrogen-bond donors (Lipinski definition) is 1. The van der Waals surface area contributed by atoms with E-state index in [0.717, 1.165) is 0 Å². The zero-order valence-corrected chi connectivity index (χ0v) is 10.7. The molecule has 1 aromatic carbocycles. The Bertz CT molecular complexity index is 376. The summed E-state index contributed by atoms with van der Waals surface area (Å²) in [6.07, 6.45) is -5.46.